The van der Waals surface area contributed by atoms with Crippen LogP contribution in [-0.2, 0) is 0 Å². The largest absolute Gasteiger partial charge is 0.497 e. The Morgan fingerprint density at radius 2 is 1.72 bits per heavy atom. The molecular formula is C15H25NOS. The van der Waals surface area contributed by atoms with Crippen LogP contribution < -0.4 is 9.64 Å². The molecule has 0 atom stereocenters. The smallest absolute Gasteiger partial charge is 0.119 e. The van der Waals surface area contributed by atoms with E-state index in [-0.39, 0.29) is 0 Å². The highest BCUT2D eigenvalue weighted by Gasteiger charge is 2.26. The Morgan fingerprint density at radius 1 is 1.17 bits per heavy atom. The van der Waals surface area contributed by atoms with Crippen LogP contribution in [-0.4, -0.2) is 26.5 Å². The predicted molar refractivity (Wildman–Crippen MR) is 83.1 cm³/mol. The van der Waals surface area contributed by atoms with E-state index in [1.807, 2.05) is 12.1 Å². The molecule has 0 aliphatic carbocycles. The summed E-state index contributed by atoms with van der Waals surface area (Å²) in [6.07, 6.45) is 2.32. The maximum atomic E-state index is 5.18. The van der Waals surface area contributed by atoms with Gasteiger partial charge in [-0.1, -0.05) is 13.8 Å². The van der Waals surface area contributed by atoms with Crippen molar-refractivity contribution in [1.82, 2.24) is 0 Å². The molecule has 1 aromatic carbocycles. The third-order valence-electron chi connectivity index (χ3n) is 3.92. The lowest BCUT2D eigenvalue weighted by Gasteiger charge is -2.35. The predicted octanol–water partition coefficient (Wildman–Crippen LogP) is 3.87. The summed E-state index contributed by atoms with van der Waals surface area (Å²) in [5.41, 5.74) is 1.53. The molecule has 0 aromatic heterocycles. The van der Waals surface area contributed by atoms with Gasteiger partial charge in [0, 0.05) is 19.3 Å². The van der Waals surface area contributed by atoms with Crippen molar-refractivity contribution in [3.05, 3.63) is 24.3 Å². The SMILES string of the molecule is CCC(CC)(CS)CN(C)c1ccc(OC)cc1. The van der Waals surface area contributed by atoms with E-state index in [1.165, 1.54) is 5.69 Å². The molecule has 0 bridgehead atoms. The van der Waals surface area contributed by atoms with E-state index in [4.69, 9.17) is 4.74 Å². The van der Waals surface area contributed by atoms with Crippen LogP contribution in [0.3, 0.4) is 0 Å². The summed E-state index contributed by atoms with van der Waals surface area (Å²) in [7, 11) is 3.84. The van der Waals surface area contributed by atoms with Crippen molar-refractivity contribution in [3.63, 3.8) is 0 Å². The van der Waals surface area contributed by atoms with Crippen molar-refractivity contribution in [2.45, 2.75) is 26.7 Å². The first-order valence-electron chi connectivity index (χ1n) is 6.57. The minimum Gasteiger partial charge on any atom is -0.497 e. The Labute approximate surface area is 117 Å². The Morgan fingerprint density at radius 3 is 2.11 bits per heavy atom. The van der Waals surface area contributed by atoms with Gasteiger partial charge in [0.25, 0.3) is 0 Å². The molecule has 0 radical (unpaired) electrons. The summed E-state index contributed by atoms with van der Waals surface area (Å²) >= 11 is 4.53. The second kappa shape index (κ2) is 6.93. The third kappa shape index (κ3) is 3.58. The Balaban J connectivity index is 2.76. The van der Waals surface area contributed by atoms with Gasteiger partial charge in [-0.05, 0) is 48.3 Å². The van der Waals surface area contributed by atoms with Gasteiger partial charge in [-0.2, -0.15) is 12.6 Å². The van der Waals surface area contributed by atoms with Crippen LogP contribution in [0.1, 0.15) is 26.7 Å². The van der Waals surface area contributed by atoms with E-state index in [9.17, 15) is 0 Å². The van der Waals surface area contributed by atoms with Crippen LogP contribution in [0.2, 0.25) is 0 Å². The number of hydrogen-bond acceptors (Lipinski definition) is 3. The molecule has 0 heterocycles. The fourth-order valence-corrected chi connectivity index (χ4v) is 2.73. The monoisotopic (exact) mass is 267 g/mol. The molecule has 0 saturated carbocycles. The highest BCUT2D eigenvalue weighted by atomic mass is 32.1. The second-order valence-corrected chi connectivity index (χ2v) is 5.24. The minimum atomic E-state index is 0.303. The first-order chi connectivity index (χ1) is 8.60. The zero-order valence-corrected chi connectivity index (χ0v) is 12.8. The number of nitrogens with zero attached hydrogens (tertiary/aromatic N) is 1. The van der Waals surface area contributed by atoms with E-state index >= 15 is 0 Å². The van der Waals surface area contributed by atoms with Crippen LogP contribution in [0.15, 0.2) is 24.3 Å². The molecule has 2 nitrogen and oxygen atoms in total. The summed E-state index contributed by atoms with van der Waals surface area (Å²) in [6.45, 7) is 5.54. The molecule has 3 heteroatoms. The minimum absolute atomic E-state index is 0.303. The van der Waals surface area contributed by atoms with Crippen molar-refractivity contribution in [2.75, 3.05) is 31.4 Å². The van der Waals surface area contributed by atoms with Gasteiger partial charge in [0.1, 0.15) is 5.75 Å². The summed E-state index contributed by atoms with van der Waals surface area (Å²) < 4.78 is 5.18. The number of rotatable bonds is 7. The molecule has 1 rings (SSSR count). The zero-order valence-electron chi connectivity index (χ0n) is 11.9. The second-order valence-electron chi connectivity index (χ2n) is 4.92. The Bertz CT molecular complexity index is 338. The fraction of sp³-hybridized carbons (Fsp3) is 0.600. The van der Waals surface area contributed by atoms with Gasteiger partial charge in [0.15, 0.2) is 0 Å². The van der Waals surface area contributed by atoms with Gasteiger partial charge >= 0.3 is 0 Å². The van der Waals surface area contributed by atoms with E-state index < -0.39 is 0 Å². The van der Waals surface area contributed by atoms with Gasteiger partial charge < -0.3 is 9.64 Å². The molecule has 0 fully saturated rings. The van der Waals surface area contributed by atoms with Crippen LogP contribution in [0.25, 0.3) is 0 Å². The molecule has 0 saturated heterocycles. The summed E-state index contributed by atoms with van der Waals surface area (Å²) in [5.74, 6) is 1.83. The standard InChI is InChI=1S/C15H25NOS/c1-5-15(6-2,12-18)11-16(3)13-7-9-14(17-4)10-8-13/h7-10,18H,5-6,11-12H2,1-4H3. The zero-order chi connectivity index (χ0) is 13.6. The maximum absolute atomic E-state index is 5.18. The average Bonchev–Trinajstić information content (AvgIpc) is 2.45. The first-order valence-corrected chi connectivity index (χ1v) is 7.20. The summed E-state index contributed by atoms with van der Waals surface area (Å²) in [5, 5.41) is 0. The third-order valence-corrected chi connectivity index (χ3v) is 4.59. The van der Waals surface area contributed by atoms with Crippen molar-refractivity contribution in [1.29, 1.82) is 0 Å². The molecule has 0 unspecified atom stereocenters. The van der Waals surface area contributed by atoms with Gasteiger partial charge in [0.2, 0.25) is 0 Å². The Hall–Kier alpha value is -0.830. The van der Waals surface area contributed by atoms with Crippen molar-refractivity contribution >= 4 is 18.3 Å². The van der Waals surface area contributed by atoms with Crippen molar-refractivity contribution in [3.8, 4) is 5.75 Å². The van der Waals surface area contributed by atoms with Gasteiger partial charge in [0.05, 0.1) is 7.11 Å². The van der Waals surface area contributed by atoms with Gasteiger partial charge in [-0.3, -0.25) is 0 Å². The van der Waals surface area contributed by atoms with E-state index in [0.29, 0.717) is 5.41 Å². The molecule has 0 spiro atoms. The molecule has 1 aromatic rings. The molecule has 0 amide bonds. The van der Waals surface area contributed by atoms with E-state index in [2.05, 4.69) is 50.6 Å². The normalized spacial score (nSPS) is 11.4. The lowest BCUT2D eigenvalue weighted by Crippen LogP contribution is -2.36. The lowest BCUT2D eigenvalue weighted by molar-refractivity contribution is 0.314. The highest BCUT2D eigenvalue weighted by molar-refractivity contribution is 7.80. The number of benzene rings is 1. The number of ether oxygens (including phenoxy) is 1. The average molecular weight is 267 g/mol. The van der Waals surface area contributed by atoms with E-state index in [0.717, 1.165) is 30.9 Å². The fourth-order valence-electron chi connectivity index (χ4n) is 2.18. The number of thiol groups is 1. The number of methoxy groups -OCH3 is 1. The molecule has 102 valence electrons. The number of hydrogen-bond donors (Lipinski definition) is 1. The maximum Gasteiger partial charge on any atom is 0.119 e. The summed E-state index contributed by atoms with van der Waals surface area (Å²) in [4.78, 5) is 2.31. The molecule has 18 heavy (non-hydrogen) atoms. The molecular weight excluding hydrogens is 242 g/mol. The molecule has 0 N–H and O–H groups in total. The summed E-state index contributed by atoms with van der Waals surface area (Å²) in [6, 6.07) is 8.22. The van der Waals surface area contributed by atoms with Crippen LogP contribution in [0.5, 0.6) is 5.75 Å². The molecule has 0 aliphatic heterocycles. The number of anilines is 1. The highest BCUT2D eigenvalue weighted by Crippen LogP contribution is 2.30. The van der Waals surface area contributed by atoms with Crippen LogP contribution in [0, 0.1) is 5.41 Å². The van der Waals surface area contributed by atoms with Crippen molar-refractivity contribution < 1.29 is 4.74 Å². The lowest BCUT2D eigenvalue weighted by atomic mass is 9.84. The van der Waals surface area contributed by atoms with Crippen molar-refractivity contribution in [2.24, 2.45) is 5.41 Å². The van der Waals surface area contributed by atoms with Crippen LogP contribution in [0.4, 0.5) is 5.69 Å². The van der Waals surface area contributed by atoms with Gasteiger partial charge in [-0.25, -0.2) is 0 Å². The quantitative estimate of drug-likeness (QED) is 0.753. The van der Waals surface area contributed by atoms with Gasteiger partial charge in [-0.15, -0.1) is 0 Å². The van der Waals surface area contributed by atoms with E-state index in [1.54, 1.807) is 7.11 Å². The topological polar surface area (TPSA) is 12.5 Å². The molecule has 0 aliphatic rings. The Kier molecular flexibility index (Phi) is 5.86. The van der Waals surface area contributed by atoms with Crippen LogP contribution >= 0.6 is 12.6 Å². The first kappa shape index (κ1) is 15.2.